The molecule has 2 aliphatic rings. The maximum Gasteiger partial charge on any atom is 0.379 e. The number of amides is 4. The van der Waals surface area contributed by atoms with Gasteiger partial charge in [0.15, 0.2) is 0 Å². The van der Waals surface area contributed by atoms with Crippen LogP contribution in [0.4, 0.5) is 0 Å². The number of ketones is 1. The second-order valence-corrected chi connectivity index (χ2v) is 20.4. The molecule has 0 fully saturated rings. The number of ether oxygens (including phenoxy) is 1. The number of fused-ring (bicyclic) bond motifs is 5. The Balaban J connectivity index is 0.000000143. The van der Waals surface area contributed by atoms with E-state index < -0.39 is 17.7 Å². The van der Waals surface area contributed by atoms with Gasteiger partial charge in [0, 0.05) is 107 Å². The number of hydrogen-bond acceptors (Lipinski definition) is 11. The minimum Gasteiger partial charge on any atom is -0.463 e. The van der Waals surface area contributed by atoms with Crippen molar-refractivity contribution in [3.63, 3.8) is 0 Å². The molecule has 7 heterocycles. The second-order valence-electron chi connectivity index (χ2n) is 20.4. The summed E-state index contributed by atoms with van der Waals surface area (Å²) in [6, 6.07) is 38.8. The van der Waals surface area contributed by atoms with Gasteiger partial charge in [-0.3, -0.25) is 44.0 Å². The molecule has 2 aliphatic heterocycles. The summed E-state index contributed by atoms with van der Waals surface area (Å²) in [6.45, 7) is 3.21. The molecule has 0 saturated heterocycles. The maximum atomic E-state index is 13.1. The van der Waals surface area contributed by atoms with E-state index in [-0.39, 0.29) is 17.7 Å². The van der Waals surface area contributed by atoms with Crippen LogP contribution in [0, 0.1) is 0 Å². The molecular formula is C62H61N11O7. The summed E-state index contributed by atoms with van der Waals surface area (Å²) in [6.07, 6.45) is 7.28. The Bertz CT molecular complexity index is 4190. The lowest BCUT2D eigenvalue weighted by atomic mass is 9.97. The minimum atomic E-state index is -0.837. The first-order valence-electron chi connectivity index (χ1n) is 26.2. The number of esters is 1. The van der Waals surface area contributed by atoms with E-state index >= 15 is 0 Å². The predicted octanol–water partition coefficient (Wildman–Crippen LogP) is 7.63. The van der Waals surface area contributed by atoms with Crippen molar-refractivity contribution in [2.75, 3.05) is 48.4 Å². The molecule has 0 bridgehead atoms. The van der Waals surface area contributed by atoms with Crippen LogP contribution in [0.1, 0.15) is 45.7 Å². The Kier molecular flexibility index (Phi) is 15.1. The number of hydrogen-bond donors (Lipinski definition) is 2. The van der Waals surface area contributed by atoms with E-state index in [2.05, 4.69) is 25.2 Å². The smallest absolute Gasteiger partial charge is 0.379 e. The summed E-state index contributed by atoms with van der Waals surface area (Å²) in [7, 11) is 15.1. The van der Waals surface area contributed by atoms with Crippen LogP contribution >= 0.6 is 0 Å². The van der Waals surface area contributed by atoms with Crippen LogP contribution in [0.2, 0.25) is 0 Å². The van der Waals surface area contributed by atoms with Crippen LogP contribution in [0.3, 0.4) is 0 Å². The van der Waals surface area contributed by atoms with Crippen molar-refractivity contribution in [1.82, 2.24) is 53.7 Å². The molecular weight excluding hydrogens is 1010 g/mol. The van der Waals surface area contributed by atoms with Crippen molar-refractivity contribution in [3.05, 3.63) is 168 Å². The van der Waals surface area contributed by atoms with Gasteiger partial charge in [-0.1, -0.05) is 91.0 Å². The molecule has 406 valence electrons. The summed E-state index contributed by atoms with van der Waals surface area (Å²) in [5, 5.41) is 19.0. The van der Waals surface area contributed by atoms with Gasteiger partial charge in [0.2, 0.25) is 0 Å². The number of imide groups is 2. The van der Waals surface area contributed by atoms with Crippen LogP contribution in [0.25, 0.3) is 76.8 Å². The second kappa shape index (κ2) is 22.4. The van der Waals surface area contributed by atoms with E-state index in [0.717, 1.165) is 98.1 Å². The van der Waals surface area contributed by atoms with Crippen LogP contribution < -0.4 is 10.6 Å². The van der Waals surface area contributed by atoms with Crippen molar-refractivity contribution in [2.24, 2.45) is 21.1 Å². The SMILES string of the molecule is CN(C)CCCn1nc(C2=C(c3cn(C)c4ccccc34)C(=O)NC2=O)c2ccccc21.CN(C)CCCn1nc2ccccc2c1C1=C(c2cn(C)c3ccccc23)C(=O)NC1=O.COC(=O)C(=O)c1cn(C)c2ccccc12. The van der Waals surface area contributed by atoms with E-state index in [1.165, 1.54) is 7.11 Å². The highest BCUT2D eigenvalue weighted by atomic mass is 16.5. The number of aromatic nitrogens is 7. The molecule has 5 aromatic heterocycles. The zero-order valence-electron chi connectivity index (χ0n) is 45.9. The normalized spacial score (nSPS) is 13.6. The molecule has 18 nitrogen and oxygen atoms in total. The number of carbonyl (C=O) groups is 6. The van der Waals surface area contributed by atoms with Gasteiger partial charge in [-0.25, -0.2) is 4.79 Å². The van der Waals surface area contributed by atoms with Gasteiger partial charge in [-0.05, 0) is 84.5 Å². The third-order valence-electron chi connectivity index (χ3n) is 14.4. The first-order chi connectivity index (χ1) is 38.6. The molecule has 10 aromatic rings. The average molecular weight is 1070 g/mol. The molecule has 18 heteroatoms. The first kappa shape index (κ1) is 53.9. The highest BCUT2D eigenvalue weighted by molar-refractivity contribution is 6.51. The predicted molar refractivity (Wildman–Crippen MR) is 311 cm³/mol. The number of nitrogens with one attached hydrogen (secondary N) is 2. The van der Waals surface area contributed by atoms with Gasteiger partial charge >= 0.3 is 5.97 Å². The number of nitrogens with zero attached hydrogens (tertiary/aromatic N) is 9. The zero-order chi connectivity index (χ0) is 56.5. The lowest BCUT2D eigenvalue weighted by molar-refractivity contribution is -0.135. The highest BCUT2D eigenvalue weighted by Gasteiger charge is 2.38. The van der Waals surface area contributed by atoms with Gasteiger partial charge in [0.25, 0.3) is 29.4 Å². The van der Waals surface area contributed by atoms with Gasteiger partial charge in [0.05, 0.1) is 51.7 Å². The summed E-state index contributed by atoms with van der Waals surface area (Å²) >= 11 is 0. The summed E-state index contributed by atoms with van der Waals surface area (Å²) < 4.78 is 14.0. The quantitative estimate of drug-likeness (QED) is 0.0471. The topological polar surface area (TPSA) is 193 Å². The first-order valence-corrected chi connectivity index (χ1v) is 26.2. The van der Waals surface area contributed by atoms with E-state index in [1.54, 1.807) is 6.20 Å². The standard InChI is InChI=1S/2C25H25N5O2.C12H11NO3/c1-28(2)13-8-14-30-23(17-10-4-6-11-19(17)27-30)22-21(24(31)26-25(22)32)18-15-29(3)20-12-7-5-9-16(18)20;1-28(2)13-8-14-30-20-12-7-5-10-17(20)23(27-30)22-21(24(31)26-25(22)32)18-15-29(3)19-11-6-4-9-16(18)19;1-13-7-9(11(14)12(15)16-2)8-5-3-4-6-10(8)13/h2*4-7,9-12,15H,8,13-14H2,1-3H3,(H,26,31,32);3-7H,1-2H3. The van der Waals surface area contributed by atoms with Crippen LogP contribution in [0.5, 0.6) is 0 Å². The highest BCUT2D eigenvalue weighted by Crippen LogP contribution is 2.40. The van der Waals surface area contributed by atoms with Gasteiger partial charge in [0.1, 0.15) is 5.69 Å². The molecule has 12 rings (SSSR count). The Morgan fingerprint density at radius 1 is 0.487 bits per heavy atom. The third-order valence-corrected chi connectivity index (χ3v) is 14.4. The molecule has 0 atom stereocenters. The Morgan fingerprint density at radius 2 is 0.912 bits per heavy atom. The van der Waals surface area contributed by atoms with Crippen molar-refractivity contribution >= 4 is 112 Å². The molecule has 0 spiro atoms. The van der Waals surface area contributed by atoms with Crippen molar-refractivity contribution < 1.29 is 33.5 Å². The van der Waals surface area contributed by atoms with Gasteiger partial charge in [-0.15, -0.1) is 0 Å². The number of aryl methyl sites for hydroxylation is 5. The number of para-hydroxylation sites is 4. The summed E-state index contributed by atoms with van der Waals surface area (Å²) in [5.74, 6) is -2.98. The fourth-order valence-corrected chi connectivity index (χ4v) is 10.7. The lowest BCUT2D eigenvalue weighted by Crippen LogP contribution is -2.23. The van der Waals surface area contributed by atoms with E-state index in [9.17, 15) is 28.8 Å². The monoisotopic (exact) mass is 1070 g/mol. The lowest BCUT2D eigenvalue weighted by Gasteiger charge is -2.12. The number of carbonyl (C=O) groups excluding carboxylic acids is 6. The van der Waals surface area contributed by atoms with E-state index in [0.29, 0.717) is 45.8 Å². The third kappa shape index (κ3) is 10.1. The molecule has 2 N–H and O–H groups in total. The fourth-order valence-electron chi connectivity index (χ4n) is 10.7. The van der Waals surface area contributed by atoms with E-state index in [1.807, 2.05) is 206 Å². The van der Waals surface area contributed by atoms with Crippen LogP contribution in [-0.4, -0.2) is 127 Å². The molecule has 0 unspecified atom stereocenters. The number of benzene rings is 5. The van der Waals surface area contributed by atoms with Gasteiger partial charge in [-0.2, -0.15) is 10.2 Å². The molecule has 0 radical (unpaired) electrons. The Labute approximate surface area is 461 Å². The molecule has 0 saturated carbocycles. The molecule has 5 aromatic carbocycles. The average Bonchev–Trinajstić information content (AvgIpc) is 4.33. The Hall–Kier alpha value is -9.52. The summed E-state index contributed by atoms with van der Waals surface area (Å²) in [4.78, 5) is 79.3. The maximum absolute atomic E-state index is 13.1. The minimum absolute atomic E-state index is 0.342. The van der Waals surface area contributed by atoms with Crippen molar-refractivity contribution in [3.8, 4) is 0 Å². The van der Waals surface area contributed by atoms with E-state index in [4.69, 9.17) is 10.2 Å². The summed E-state index contributed by atoms with van der Waals surface area (Å²) in [5.41, 5.74) is 9.34. The number of Topliss-reactive ketones (excluding diaryl/α,β-unsaturated/α-hetero) is 1. The molecule has 0 aliphatic carbocycles. The van der Waals surface area contributed by atoms with Crippen molar-refractivity contribution in [1.29, 1.82) is 0 Å². The number of rotatable bonds is 14. The van der Waals surface area contributed by atoms with Crippen molar-refractivity contribution in [2.45, 2.75) is 25.9 Å². The Morgan fingerprint density at radius 3 is 1.46 bits per heavy atom. The van der Waals surface area contributed by atoms with Crippen LogP contribution in [-0.2, 0) is 62.9 Å². The number of methoxy groups -OCH3 is 1. The fraction of sp³-hybridized carbons (Fsp3) is 0.226. The largest absolute Gasteiger partial charge is 0.463 e. The van der Waals surface area contributed by atoms with Crippen LogP contribution in [0.15, 0.2) is 140 Å². The molecule has 4 amide bonds. The molecule has 80 heavy (non-hydrogen) atoms. The van der Waals surface area contributed by atoms with Gasteiger partial charge < -0.3 is 28.2 Å². The zero-order valence-corrected chi connectivity index (χ0v) is 45.9.